The molecule has 2 fully saturated rings. The lowest BCUT2D eigenvalue weighted by molar-refractivity contribution is -0.147. The van der Waals surface area contributed by atoms with Crippen molar-refractivity contribution in [1.29, 1.82) is 0 Å². The maximum atomic E-state index is 13.3. The van der Waals surface area contributed by atoms with Crippen LogP contribution in [0.1, 0.15) is 60.5 Å². The second kappa shape index (κ2) is 27.2. The average molecular weight is 1200 g/mol. The predicted molar refractivity (Wildman–Crippen MR) is 289 cm³/mol. The molecule has 29 heteroatoms. The Morgan fingerprint density at radius 2 is 1.12 bits per heavy atom. The molecule has 5 aromatic rings. The number of nitrogens with zero attached hydrogens (tertiary/aromatic N) is 6. The Balaban J connectivity index is 0.000000242. The highest BCUT2D eigenvalue weighted by molar-refractivity contribution is 6.33. The van der Waals surface area contributed by atoms with Crippen LogP contribution < -0.4 is 22.1 Å². The van der Waals surface area contributed by atoms with Crippen molar-refractivity contribution in [2.45, 2.75) is 88.0 Å². The summed E-state index contributed by atoms with van der Waals surface area (Å²) in [5.41, 5.74) is 10.7. The molecule has 6 amide bonds. The number of ether oxygens (including phenoxy) is 1. The van der Waals surface area contributed by atoms with Gasteiger partial charge in [0.05, 0.1) is 32.5 Å². The van der Waals surface area contributed by atoms with Gasteiger partial charge in [0, 0.05) is 89.4 Å². The molecule has 4 aromatic carbocycles. The van der Waals surface area contributed by atoms with E-state index in [4.69, 9.17) is 49.6 Å². The molecule has 0 bridgehead atoms. The number of amides is 6. The van der Waals surface area contributed by atoms with Crippen molar-refractivity contribution in [2.24, 2.45) is 0 Å². The van der Waals surface area contributed by atoms with Gasteiger partial charge in [-0.25, -0.2) is 33.8 Å². The van der Waals surface area contributed by atoms with Crippen LogP contribution in [-0.4, -0.2) is 144 Å². The fourth-order valence-corrected chi connectivity index (χ4v) is 10.2. The number of benzene rings is 4. The number of carboxylic acids is 2. The van der Waals surface area contributed by atoms with Gasteiger partial charge in [-0.2, -0.15) is 26.3 Å². The quantitative estimate of drug-likeness (QED) is 0.0536. The van der Waals surface area contributed by atoms with Crippen LogP contribution in [0.25, 0.3) is 0 Å². The van der Waals surface area contributed by atoms with Crippen molar-refractivity contribution in [3.8, 4) is 0 Å². The minimum Gasteiger partial charge on any atom is -0.479 e. The number of hydrogen-bond acceptors (Lipinski definition) is 11. The lowest BCUT2D eigenvalue weighted by Gasteiger charge is -2.37. The molecule has 9 rings (SSSR count). The van der Waals surface area contributed by atoms with E-state index in [0.29, 0.717) is 57.6 Å². The summed E-state index contributed by atoms with van der Waals surface area (Å²) in [6.45, 7) is 2.97. The molecule has 0 radical (unpaired) electrons. The van der Waals surface area contributed by atoms with E-state index in [0.717, 1.165) is 48.3 Å². The first-order chi connectivity index (χ1) is 38.3. The molecule has 4 aliphatic rings. The molecule has 0 aliphatic carbocycles. The number of carboxylic acid groups (broad SMARTS) is 2. The summed E-state index contributed by atoms with van der Waals surface area (Å²) in [4.78, 5) is 83.4. The normalized spacial score (nSPS) is 16.6. The number of aromatic nitrogens is 2. The number of imidazole rings is 1. The van der Waals surface area contributed by atoms with Gasteiger partial charge in [-0.3, -0.25) is 9.27 Å². The van der Waals surface area contributed by atoms with E-state index in [1.54, 1.807) is 17.3 Å². The number of carbonyl (C=O) groups is 6. The summed E-state index contributed by atoms with van der Waals surface area (Å²) < 4.78 is 84.2. The Morgan fingerprint density at radius 1 is 0.683 bits per heavy atom. The van der Waals surface area contributed by atoms with Crippen LogP contribution >= 0.6 is 23.2 Å². The second-order valence-corrected chi connectivity index (χ2v) is 20.1. The van der Waals surface area contributed by atoms with Crippen LogP contribution in [0.4, 0.5) is 73.0 Å². The van der Waals surface area contributed by atoms with Crippen molar-refractivity contribution in [3.05, 3.63) is 135 Å². The van der Waals surface area contributed by atoms with Gasteiger partial charge in [0.1, 0.15) is 6.33 Å². The number of aliphatic hydroxyl groups excluding tert-OH is 1. The summed E-state index contributed by atoms with van der Waals surface area (Å²) in [5, 5.41) is 32.3. The van der Waals surface area contributed by atoms with Crippen LogP contribution in [-0.2, 0) is 52.4 Å². The van der Waals surface area contributed by atoms with Crippen molar-refractivity contribution in [1.82, 2.24) is 29.2 Å². The maximum Gasteiger partial charge on any atom is 0.418 e. The number of halogens is 9. The van der Waals surface area contributed by atoms with E-state index in [-0.39, 0.29) is 70.6 Å². The highest BCUT2D eigenvalue weighted by Crippen LogP contribution is 2.40. The Morgan fingerprint density at radius 3 is 1.54 bits per heavy atom. The van der Waals surface area contributed by atoms with E-state index in [1.807, 2.05) is 52.3 Å². The first kappa shape index (κ1) is 63.1. The van der Waals surface area contributed by atoms with Gasteiger partial charge in [0.2, 0.25) is 6.10 Å². The van der Waals surface area contributed by atoms with Gasteiger partial charge in [-0.1, -0.05) is 59.6 Å². The Kier molecular flexibility index (Phi) is 20.9. The number of urea groups is 2. The lowest BCUT2D eigenvalue weighted by atomic mass is 10.0. The number of carbonyl (C=O) groups excluding carboxylic acids is 4. The molecule has 82 heavy (non-hydrogen) atoms. The van der Waals surface area contributed by atoms with Crippen LogP contribution in [0.2, 0.25) is 10.0 Å². The predicted octanol–water partition coefficient (Wildman–Crippen LogP) is 9.36. The molecule has 5 heterocycles. The molecule has 1 unspecified atom stereocenters. The highest BCUT2D eigenvalue weighted by Gasteiger charge is 2.38. The highest BCUT2D eigenvalue weighted by atomic mass is 35.5. The summed E-state index contributed by atoms with van der Waals surface area (Å²) >= 11 is 11.4. The molecule has 4 aliphatic heterocycles. The zero-order valence-corrected chi connectivity index (χ0v) is 44.9. The number of piperidine rings is 2. The van der Waals surface area contributed by atoms with Gasteiger partial charge in [0.25, 0.3) is 0 Å². The summed E-state index contributed by atoms with van der Waals surface area (Å²) in [6.07, 6.45) is -6.13. The third-order valence-corrected chi connectivity index (χ3v) is 14.6. The second-order valence-electron chi connectivity index (χ2n) is 19.3. The maximum absolute atomic E-state index is 13.3. The van der Waals surface area contributed by atoms with Crippen molar-refractivity contribution < 1.29 is 81.3 Å². The van der Waals surface area contributed by atoms with Gasteiger partial charge >= 0.3 is 48.5 Å². The molecule has 2 atom stereocenters. The molecule has 444 valence electrons. The number of para-hydroxylation sites is 2. The number of aliphatic hydroxyl groups is 1. The largest absolute Gasteiger partial charge is 0.479 e. The first-order valence-corrected chi connectivity index (χ1v) is 26.0. The molecule has 20 nitrogen and oxygen atoms in total. The zero-order valence-electron chi connectivity index (χ0n) is 43.3. The van der Waals surface area contributed by atoms with E-state index < -0.39 is 77.9 Å². The van der Waals surface area contributed by atoms with Crippen molar-refractivity contribution in [3.63, 3.8) is 0 Å². The number of rotatable bonds is 9. The van der Waals surface area contributed by atoms with E-state index >= 15 is 0 Å². The standard InChI is InChI=1S/C25H26ClF3N4O5.C18H21N5O2.C10H9ClF3NO3.FH.H2/c26-18-12-14(11-17(21(18)30)25(27,28)29)13-20(22(34)35)38-24(37)32-8-6-16(7-9-32)33-10-5-15-3-1-2-4-19(15)31-23(33)36;24-17-20-16-4-2-1-3-14(16)5-11-23(17)15-6-9-21(10-7-15)18(25)22-12-8-19-13-22;11-6-2-4(3-7(16)9(17)18)1-5(8(6)15)10(12,13)14;;/h1-4,11-12,16,20H,5-10,13,30H2,(H,31,36)(H,34,35);1-4,8,12-13,15H,5-7,9-11H2,(H,20,24);1-2,7,16H,3,15H2,(H,17,18);2*1H/t20-;;;;/m1..../s1. The SMILES string of the molecule is F.Nc1c(Cl)cc(CC(O)C(=O)O)cc1C(F)(F)F.Nc1c(Cl)cc(C[C@@H](OC(=O)N2CCC(N3CCc4ccccc4NC3=O)CC2)C(=O)O)cc1C(F)(F)F.O=C1Nc2ccccc2CCN1C1CCN(C(=O)n2ccnc2)CC1.[HH]. The summed E-state index contributed by atoms with van der Waals surface area (Å²) in [7, 11) is 0. The molecular weight excluding hydrogens is 1140 g/mol. The Bertz CT molecular complexity index is 3110. The molecule has 0 spiro atoms. The number of alkyl halides is 6. The van der Waals surface area contributed by atoms with Gasteiger partial charge in [-0.05, 0) is 97.2 Å². The van der Waals surface area contributed by atoms with Gasteiger partial charge < -0.3 is 61.8 Å². The fraction of sp³-hybridized carbons (Fsp3) is 0.377. The van der Waals surface area contributed by atoms with Gasteiger partial charge in [-0.15, -0.1) is 0 Å². The minimum atomic E-state index is -4.80. The van der Waals surface area contributed by atoms with Crippen LogP contribution in [0.5, 0.6) is 0 Å². The number of nitrogen functional groups attached to an aromatic ring is 2. The third-order valence-electron chi connectivity index (χ3n) is 14.0. The summed E-state index contributed by atoms with van der Waals surface area (Å²) in [6, 6.07) is 18.8. The molecule has 0 saturated carbocycles. The van der Waals surface area contributed by atoms with Crippen LogP contribution in [0.15, 0.2) is 91.5 Å². The smallest absolute Gasteiger partial charge is 0.418 e. The molecular formula is C53H59Cl2F7N10O10. The number of fused-ring (bicyclic) bond motifs is 2. The van der Waals surface area contributed by atoms with Crippen LogP contribution in [0.3, 0.4) is 0 Å². The number of likely N-dealkylation sites (tertiary alicyclic amines) is 2. The van der Waals surface area contributed by atoms with Crippen molar-refractivity contribution >= 4 is 82.1 Å². The molecule has 9 N–H and O–H groups in total. The summed E-state index contributed by atoms with van der Waals surface area (Å²) in [5.74, 6) is -3.05. The number of aliphatic carboxylic acids is 2. The topological polar surface area (TPSA) is 279 Å². The van der Waals surface area contributed by atoms with E-state index in [2.05, 4.69) is 21.7 Å². The van der Waals surface area contributed by atoms with Crippen molar-refractivity contribution in [2.75, 3.05) is 61.4 Å². The Hall–Kier alpha value is -8.04. The number of anilines is 4. The average Bonchev–Trinajstić information content (AvgIpc) is 3.97. The van der Waals surface area contributed by atoms with E-state index in [1.165, 1.54) is 21.4 Å². The number of nitrogens with two attached hydrogens (primary N) is 2. The number of hydrogen-bond donors (Lipinski definition) is 7. The lowest BCUT2D eigenvalue weighted by Crippen LogP contribution is -2.50. The third kappa shape index (κ3) is 15.9. The fourth-order valence-electron chi connectivity index (χ4n) is 9.69. The van der Waals surface area contributed by atoms with Gasteiger partial charge in [0.15, 0.2) is 6.10 Å². The first-order valence-electron chi connectivity index (χ1n) is 25.3. The monoisotopic (exact) mass is 1200 g/mol. The number of nitrogens with one attached hydrogen (secondary N) is 2. The minimum absolute atomic E-state index is 0. The zero-order chi connectivity index (χ0) is 58.9. The van der Waals surface area contributed by atoms with Crippen LogP contribution in [0, 0.1) is 0 Å². The Labute approximate surface area is 475 Å². The molecule has 1 aromatic heterocycles. The molecule has 2 saturated heterocycles. The van der Waals surface area contributed by atoms with E-state index in [9.17, 15) is 60.2 Å².